The Morgan fingerprint density at radius 2 is 1.33 bits per heavy atom. The van der Waals surface area contributed by atoms with E-state index in [4.69, 9.17) is 0 Å². The van der Waals surface area contributed by atoms with Crippen LogP contribution in [0.15, 0.2) is 53.4 Å². The standard InChI is InChI=1S/C21H28N2O3S/c1-20(2,3)16-9-13-18(14-10-16)27(25,26)23-17-11-7-15(8-12-17)19(24)22-21(4,5)6/h7-14,23H,1-6H3,(H,22,24). The molecule has 0 aromatic heterocycles. The SMILES string of the molecule is CC(C)(C)NC(=O)c1ccc(NS(=O)(=O)c2ccc(C(C)(C)C)cc2)cc1. The smallest absolute Gasteiger partial charge is 0.261 e. The molecule has 0 aliphatic rings. The molecule has 1 amide bonds. The molecule has 0 aliphatic heterocycles. The van der Waals surface area contributed by atoms with Crippen LogP contribution in [-0.2, 0) is 15.4 Å². The molecule has 5 nitrogen and oxygen atoms in total. The molecule has 0 saturated carbocycles. The minimum Gasteiger partial charge on any atom is -0.347 e. The molecule has 0 radical (unpaired) electrons. The third-order valence-electron chi connectivity index (χ3n) is 3.92. The highest BCUT2D eigenvalue weighted by Crippen LogP contribution is 2.24. The molecule has 0 bridgehead atoms. The zero-order valence-corrected chi connectivity index (χ0v) is 17.6. The van der Waals surface area contributed by atoms with Crippen molar-refractivity contribution in [3.05, 3.63) is 59.7 Å². The van der Waals surface area contributed by atoms with E-state index >= 15 is 0 Å². The Kier molecular flexibility index (Phi) is 5.71. The average Bonchev–Trinajstić information content (AvgIpc) is 2.53. The first-order chi connectivity index (χ1) is 12.3. The van der Waals surface area contributed by atoms with Gasteiger partial charge in [0.2, 0.25) is 0 Å². The molecule has 0 atom stereocenters. The fraction of sp³-hybridized carbons (Fsp3) is 0.381. The Hall–Kier alpha value is -2.34. The Bertz CT molecular complexity index is 902. The van der Waals surface area contributed by atoms with E-state index in [0.717, 1.165) is 5.56 Å². The highest BCUT2D eigenvalue weighted by Gasteiger charge is 2.18. The third kappa shape index (κ3) is 5.82. The van der Waals surface area contributed by atoms with Crippen molar-refractivity contribution in [1.82, 2.24) is 5.32 Å². The lowest BCUT2D eigenvalue weighted by Gasteiger charge is -2.20. The monoisotopic (exact) mass is 388 g/mol. The van der Waals surface area contributed by atoms with Crippen molar-refractivity contribution in [2.75, 3.05) is 4.72 Å². The summed E-state index contributed by atoms with van der Waals surface area (Å²) in [7, 11) is -3.69. The maximum atomic E-state index is 12.6. The summed E-state index contributed by atoms with van der Waals surface area (Å²) in [6, 6.07) is 13.2. The average molecular weight is 389 g/mol. The Morgan fingerprint density at radius 1 is 0.815 bits per heavy atom. The number of carbonyl (C=O) groups excluding carboxylic acids is 1. The molecule has 2 N–H and O–H groups in total. The second-order valence-corrected chi connectivity index (χ2v) is 10.3. The number of rotatable bonds is 4. The van der Waals surface area contributed by atoms with E-state index in [0.29, 0.717) is 11.3 Å². The van der Waals surface area contributed by atoms with Gasteiger partial charge in [0, 0.05) is 16.8 Å². The molecule has 6 heteroatoms. The Labute approximate surface area is 162 Å². The summed E-state index contributed by atoms with van der Waals surface area (Å²) < 4.78 is 27.7. The molecular weight excluding hydrogens is 360 g/mol. The van der Waals surface area contributed by atoms with Crippen molar-refractivity contribution in [2.24, 2.45) is 0 Å². The van der Waals surface area contributed by atoms with E-state index < -0.39 is 10.0 Å². The molecule has 0 saturated heterocycles. The van der Waals surface area contributed by atoms with Crippen LogP contribution in [0.25, 0.3) is 0 Å². The quantitative estimate of drug-likeness (QED) is 0.819. The Morgan fingerprint density at radius 3 is 1.78 bits per heavy atom. The zero-order chi connectivity index (χ0) is 20.5. The van der Waals surface area contributed by atoms with Crippen LogP contribution in [0.4, 0.5) is 5.69 Å². The molecule has 0 heterocycles. The second-order valence-electron chi connectivity index (χ2n) is 8.66. The fourth-order valence-corrected chi connectivity index (χ4v) is 3.51. The maximum Gasteiger partial charge on any atom is 0.261 e. The largest absolute Gasteiger partial charge is 0.347 e. The summed E-state index contributed by atoms with van der Waals surface area (Å²) in [5, 5.41) is 2.87. The summed E-state index contributed by atoms with van der Waals surface area (Å²) in [6.45, 7) is 11.9. The van der Waals surface area contributed by atoms with Gasteiger partial charge in [0.25, 0.3) is 15.9 Å². The topological polar surface area (TPSA) is 75.3 Å². The van der Waals surface area contributed by atoms with Crippen molar-refractivity contribution < 1.29 is 13.2 Å². The molecule has 2 aromatic carbocycles. The molecule has 0 aliphatic carbocycles. The number of benzene rings is 2. The normalized spacial score (nSPS) is 12.5. The van der Waals surface area contributed by atoms with E-state index in [1.54, 1.807) is 36.4 Å². The molecular formula is C21H28N2O3S. The van der Waals surface area contributed by atoms with Crippen molar-refractivity contribution >= 4 is 21.6 Å². The number of hydrogen-bond donors (Lipinski definition) is 2. The highest BCUT2D eigenvalue weighted by atomic mass is 32.2. The summed E-state index contributed by atoms with van der Waals surface area (Å²) in [6.07, 6.45) is 0. The fourth-order valence-electron chi connectivity index (χ4n) is 2.45. The van der Waals surface area contributed by atoms with Gasteiger partial charge in [-0.1, -0.05) is 32.9 Å². The van der Waals surface area contributed by atoms with Crippen molar-refractivity contribution in [2.45, 2.75) is 57.4 Å². The first-order valence-corrected chi connectivity index (χ1v) is 10.3. The molecule has 0 unspecified atom stereocenters. The van der Waals surface area contributed by atoms with E-state index in [1.165, 1.54) is 0 Å². The summed E-state index contributed by atoms with van der Waals surface area (Å²) in [4.78, 5) is 12.3. The summed E-state index contributed by atoms with van der Waals surface area (Å²) in [5.74, 6) is -0.199. The minimum absolute atomic E-state index is 0.0425. The first-order valence-electron chi connectivity index (χ1n) is 8.84. The van der Waals surface area contributed by atoms with Crippen LogP contribution in [0, 0.1) is 0 Å². The van der Waals surface area contributed by atoms with Gasteiger partial charge in [0.05, 0.1) is 4.90 Å². The van der Waals surface area contributed by atoms with Crippen LogP contribution < -0.4 is 10.0 Å². The van der Waals surface area contributed by atoms with E-state index in [1.807, 2.05) is 32.9 Å². The molecule has 0 fully saturated rings. The van der Waals surface area contributed by atoms with Crippen LogP contribution in [0.2, 0.25) is 0 Å². The zero-order valence-electron chi connectivity index (χ0n) is 16.8. The van der Waals surface area contributed by atoms with Crippen molar-refractivity contribution in [3.63, 3.8) is 0 Å². The Balaban J connectivity index is 2.15. The number of sulfonamides is 1. The van der Waals surface area contributed by atoms with Gasteiger partial charge in [-0.25, -0.2) is 8.42 Å². The van der Waals surface area contributed by atoms with Crippen LogP contribution >= 0.6 is 0 Å². The van der Waals surface area contributed by atoms with Gasteiger partial charge in [-0.05, 0) is 68.1 Å². The lowest BCUT2D eigenvalue weighted by Crippen LogP contribution is -2.40. The van der Waals surface area contributed by atoms with Gasteiger partial charge in [0.1, 0.15) is 0 Å². The minimum atomic E-state index is -3.69. The maximum absolute atomic E-state index is 12.6. The second kappa shape index (κ2) is 7.35. The molecule has 2 rings (SSSR count). The van der Waals surface area contributed by atoms with Gasteiger partial charge >= 0.3 is 0 Å². The molecule has 27 heavy (non-hydrogen) atoms. The van der Waals surface area contributed by atoms with E-state index in [9.17, 15) is 13.2 Å². The lowest BCUT2D eigenvalue weighted by atomic mass is 9.87. The van der Waals surface area contributed by atoms with Gasteiger partial charge in [0.15, 0.2) is 0 Å². The molecule has 0 spiro atoms. The van der Waals surface area contributed by atoms with Crippen LogP contribution in [0.3, 0.4) is 0 Å². The van der Waals surface area contributed by atoms with Crippen molar-refractivity contribution in [3.8, 4) is 0 Å². The predicted molar refractivity (Wildman–Crippen MR) is 110 cm³/mol. The number of carbonyl (C=O) groups is 1. The van der Waals surface area contributed by atoms with Gasteiger partial charge in [-0.2, -0.15) is 0 Å². The van der Waals surface area contributed by atoms with Gasteiger partial charge < -0.3 is 5.32 Å². The van der Waals surface area contributed by atoms with Crippen LogP contribution in [-0.4, -0.2) is 19.9 Å². The van der Waals surface area contributed by atoms with Crippen LogP contribution in [0.5, 0.6) is 0 Å². The highest BCUT2D eigenvalue weighted by molar-refractivity contribution is 7.92. The summed E-state index contributed by atoms with van der Waals surface area (Å²) in [5.41, 5.74) is 1.57. The van der Waals surface area contributed by atoms with Gasteiger partial charge in [-0.3, -0.25) is 9.52 Å². The number of nitrogens with one attached hydrogen (secondary N) is 2. The number of amides is 1. The van der Waals surface area contributed by atoms with Gasteiger partial charge in [-0.15, -0.1) is 0 Å². The molecule has 2 aromatic rings. The lowest BCUT2D eigenvalue weighted by molar-refractivity contribution is 0.0919. The third-order valence-corrected chi connectivity index (χ3v) is 5.32. The number of anilines is 1. The summed E-state index contributed by atoms with van der Waals surface area (Å²) >= 11 is 0. The number of hydrogen-bond acceptors (Lipinski definition) is 3. The van der Waals surface area contributed by atoms with Crippen LogP contribution in [0.1, 0.15) is 57.5 Å². The van der Waals surface area contributed by atoms with E-state index in [2.05, 4.69) is 30.8 Å². The van der Waals surface area contributed by atoms with Crippen molar-refractivity contribution in [1.29, 1.82) is 0 Å². The molecule has 146 valence electrons. The first kappa shape index (κ1) is 21.0. The van der Waals surface area contributed by atoms with E-state index in [-0.39, 0.29) is 21.8 Å². The predicted octanol–water partition coefficient (Wildman–Crippen LogP) is 4.31.